The highest BCUT2D eigenvalue weighted by atomic mass is 32.2. The van der Waals surface area contributed by atoms with Gasteiger partial charge in [0.2, 0.25) is 10.0 Å². The summed E-state index contributed by atoms with van der Waals surface area (Å²) in [7, 11) is -2.14. The van der Waals surface area contributed by atoms with Gasteiger partial charge in [-0.05, 0) is 41.3 Å². The third kappa shape index (κ3) is 4.31. The molecule has 5 rings (SSSR count). The number of aromatic nitrogens is 1. The van der Waals surface area contributed by atoms with Gasteiger partial charge in [0, 0.05) is 24.5 Å². The van der Waals surface area contributed by atoms with Crippen LogP contribution in [0.4, 0.5) is 5.13 Å². The Balaban J connectivity index is 1.33. The van der Waals surface area contributed by atoms with E-state index in [1.807, 2.05) is 66.7 Å². The van der Waals surface area contributed by atoms with Crippen molar-refractivity contribution >= 4 is 53.4 Å². The standard InChI is InChI=1S/C26H21N3O3S2/c1-29(17-18-7-3-2-4-8-18)34(31,32)21-14-11-20(12-15-21)25(30)28-26-27-24-22-10-6-5-9-19(22)13-16-23(24)33-26/h2-16H,17H2,1H3,(H,27,28,30). The minimum absolute atomic E-state index is 0.133. The third-order valence-electron chi connectivity index (χ3n) is 5.58. The molecule has 0 bridgehead atoms. The summed E-state index contributed by atoms with van der Waals surface area (Å²) in [6, 6.07) is 27.3. The summed E-state index contributed by atoms with van der Waals surface area (Å²) in [6.45, 7) is 0.262. The number of fused-ring (bicyclic) bond motifs is 3. The summed E-state index contributed by atoms with van der Waals surface area (Å²) in [4.78, 5) is 17.5. The van der Waals surface area contributed by atoms with Crippen molar-refractivity contribution < 1.29 is 13.2 Å². The molecule has 0 radical (unpaired) electrons. The fourth-order valence-corrected chi connectivity index (χ4v) is 5.80. The van der Waals surface area contributed by atoms with Gasteiger partial charge in [0.15, 0.2) is 5.13 Å². The van der Waals surface area contributed by atoms with Crippen LogP contribution in [0.2, 0.25) is 0 Å². The Labute approximate surface area is 201 Å². The maximum Gasteiger partial charge on any atom is 0.257 e. The Kier molecular flexibility index (Phi) is 5.87. The van der Waals surface area contributed by atoms with Gasteiger partial charge in [0.25, 0.3) is 5.91 Å². The van der Waals surface area contributed by atoms with Crippen LogP contribution in [0.25, 0.3) is 21.0 Å². The number of thiazole rings is 1. The topological polar surface area (TPSA) is 79.4 Å². The molecule has 0 unspecified atom stereocenters. The molecule has 1 amide bonds. The van der Waals surface area contributed by atoms with E-state index in [2.05, 4.69) is 10.3 Å². The molecule has 0 aliphatic heterocycles. The lowest BCUT2D eigenvalue weighted by molar-refractivity contribution is 0.102. The maximum atomic E-state index is 12.9. The number of benzene rings is 4. The Morgan fingerprint density at radius 2 is 1.62 bits per heavy atom. The minimum atomic E-state index is -3.69. The Bertz CT molecular complexity index is 1600. The number of hydrogen-bond acceptors (Lipinski definition) is 5. The van der Waals surface area contributed by atoms with E-state index in [1.54, 1.807) is 7.05 Å². The van der Waals surface area contributed by atoms with E-state index in [9.17, 15) is 13.2 Å². The van der Waals surface area contributed by atoms with E-state index in [4.69, 9.17) is 0 Å². The molecule has 4 aromatic carbocycles. The third-order valence-corrected chi connectivity index (χ3v) is 8.33. The van der Waals surface area contributed by atoms with Crippen molar-refractivity contribution in [2.45, 2.75) is 11.4 Å². The number of nitrogens with zero attached hydrogens (tertiary/aromatic N) is 2. The van der Waals surface area contributed by atoms with Crippen LogP contribution in [-0.4, -0.2) is 30.7 Å². The van der Waals surface area contributed by atoms with Gasteiger partial charge in [-0.15, -0.1) is 0 Å². The molecule has 0 fully saturated rings. The zero-order valence-electron chi connectivity index (χ0n) is 18.3. The number of carbonyl (C=O) groups excluding carboxylic acids is 1. The van der Waals surface area contributed by atoms with Gasteiger partial charge < -0.3 is 0 Å². The Hall–Kier alpha value is -3.59. The quantitative estimate of drug-likeness (QED) is 0.342. The molecule has 0 atom stereocenters. The minimum Gasteiger partial charge on any atom is -0.298 e. The second-order valence-electron chi connectivity index (χ2n) is 7.88. The van der Waals surface area contributed by atoms with E-state index in [-0.39, 0.29) is 17.3 Å². The molecule has 1 N–H and O–H groups in total. The first-order valence-electron chi connectivity index (χ1n) is 10.6. The highest BCUT2D eigenvalue weighted by Crippen LogP contribution is 2.32. The lowest BCUT2D eigenvalue weighted by Crippen LogP contribution is -2.26. The molecule has 0 saturated heterocycles. The van der Waals surface area contributed by atoms with Crippen molar-refractivity contribution in [2.75, 3.05) is 12.4 Å². The van der Waals surface area contributed by atoms with Gasteiger partial charge in [-0.25, -0.2) is 13.4 Å². The van der Waals surface area contributed by atoms with Crippen LogP contribution in [0.1, 0.15) is 15.9 Å². The predicted octanol–water partition coefficient (Wildman–Crippen LogP) is 5.52. The lowest BCUT2D eigenvalue weighted by Gasteiger charge is -2.17. The monoisotopic (exact) mass is 487 g/mol. The smallest absolute Gasteiger partial charge is 0.257 e. The Morgan fingerprint density at radius 3 is 2.38 bits per heavy atom. The number of anilines is 1. The normalized spacial score (nSPS) is 11.8. The Morgan fingerprint density at radius 1 is 0.912 bits per heavy atom. The van der Waals surface area contributed by atoms with Crippen molar-refractivity contribution in [2.24, 2.45) is 0 Å². The highest BCUT2D eigenvalue weighted by Gasteiger charge is 2.21. The van der Waals surface area contributed by atoms with Crippen LogP contribution >= 0.6 is 11.3 Å². The van der Waals surface area contributed by atoms with E-state index < -0.39 is 10.0 Å². The van der Waals surface area contributed by atoms with Crippen molar-refractivity contribution in [1.29, 1.82) is 0 Å². The summed E-state index contributed by atoms with van der Waals surface area (Å²) in [5.41, 5.74) is 2.10. The van der Waals surface area contributed by atoms with Gasteiger partial charge in [-0.2, -0.15) is 4.31 Å². The molecule has 5 aromatic rings. The summed E-state index contributed by atoms with van der Waals surface area (Å²) in [5.74, 6) is -0.343. The summed E-state index contributed by atoms with van der Waals surface area (Å²) >= 11 is 1.40. The first-order valence-corrected chi connectivity index (χ1v) is 12.9. The summed E-state index contributed by atoms with van der Waals surface area (Å²) in [5, 5.41) is 5.45. The van der Waals surface area contributed by atoms with Gasteiger partial charge in [-0.1, -0.05) is 72.0 Å². The predicted molar refractivity (Wildman–Crippen MR) is 137 cm³/mol. The van der Waals surface area contributed by atoms with Crippen LogP contribution in [0.3, 0.4) is 0 Å². The molecule has 8 heteroatoms. The first-order chi connectivity index (χ1) is 16.4. The molecule has 170 valence electrons. The number of hydrogen-bond donors (Lipinski definition) is 1. The molecule has 0 aliphatic carbocycles. The SMILES string of the molecule is CN(Cc1ccccc1)S(=O)(=O)c1ccc(C(=O)Nc2nc3c(ccc4ccccc43)s2)cc1. The molecule has 1 heterocycles. The van der Waals surface area contributed by atoms with Crippen LogP contribution in [0, 0.1) is 0 Å². The number of carbonyl (C=O) groups is 1. The molecule has 1 aromatic heterocycles. The lowest BCUT2D eigenvalue weighted by atomic mass is 10.1. The van der Waals surface area contributed by atoms with E-state index in [0.717, 1.165) is 26.6 Å². The van der Waals surface area contributed by atoms with Gasteiger partial charge in [-0.3, -0.25) is 10.1 Å². The molecular formula is C26H21N3O3S2. The van der Waals surface area contributed by atoms with Crippen molar-refractivity contribution in [3.8, 4) is 0 Å². The summed E-state index contributed by atoms with van der Waals surface area (Å²) in [6.07, 6.45) is 0. The van der Waals surface area contributed by atoms with Crippen LogP contribution in [0.15, 0.2) is 95.9 Å². The fourth-order valence-electron chi connectivity index (χ4n) is 3.77. The highest BCUT2D eigenvalue weighted by molar-refractivity contribution is 7.89. The number of rotatable bonds is 6. The van der Waals surface area contributed by atoms with Crippen molar-refractivity contribution in [1.82, 2.24) is 9.29 Å². The van der Waals surface area contributed by atoms with Crippen molar-refractivity contribution in [3.05, 3.63) is 102 Å². The zero-order chi connectivity index (χ0) is 23.7. The molecule has 6 nitrogen and oxygen atoms in total. The van der Waals surface area contributed by atoms with Gasteiger partial charge in [0.1, 0.15) is 0 Å². The van der Waals surface area contributed by atoms with Gasteiger partial charge in [0.05, 0.1) is 15.1 Å². The summed E-state index contributed by atoms with van der Waals surface area (Å²) < 4.78 is 28.1. The zero-order valence-corrected chi connectivity index (χ0v) is 19.9. The van der Waals surface area contributed by atoms with Gasteiger partial charge >= 0.3 is 0 Å². The largest absolute Gasteiger partial charge is 0.298 e. The number of sulfonamides is 1. The molecule has 0 aliphatic rings. The second-order valence-corrected chi connectivity index (χ2v) is 11.0. The van der Waals surface area contributed by atoms with Crippen LogP contribution < -0.4 is 5.32 Å². The number of amides is 1. The average molecular weight is 488 g/mol. The molecule has 34 heavy (non-hydrogen) atoms. The number of nitrogens with one attached hydrogen (secondary N) is 1. The molecule has 0 spiro atoms. The van der Waals surface area contributed by atoms with E-state index in [1.165, 1.54) is 39.9 Å². The van der Waals surface area contributed by atoms with Crippen molar-refractivity contribution in [3.63, 3.8) is 0 Å². The molecule has 0 saturated carbocycles. The van der Waals surface area contributed by atoms with E-state index >= 15 is 0 Å². The fraction of sp³-hybridized carbons (Fsp3) is 0.0769. The van der Waals surface area contributed by atoms with Crippen LogP contribution in [0.5, 0.6) is 0 Å². The molecular weight excluding hydrogens is 466 g/mol. The first kappa shape index (κ1) is 22.2. The average Bonchev–Trinajstić information content (AvgIpc) is 3.27. The maximum absolute atomic E-state index is 12.9. The van der Waals surface area contributed by atoms with Crippen LogP contribution in [-0.2, 0) is 16.6 Å². The second kappa shape index (κ2) is 8.98. The van der Waals surface area contributed by atoms with E-state index in [0.29, 0.717) is 10.7 Å².